The molecule has 25 heteroatoms. The fraction of sp³-hybridized carbons (Fsp3) is 0.294. The van der Waals surface area contributed by atoms with Gasteiger partial charge in [0.2, 0.25) is 5.28 Å². The molecule has 3 fully saturated rings. The van der Waals surface area contributed by atoms with Crippen molar-refractivity contribution in [3.05, 3.63) is 190 Å². The zero-order valence-electron chi connectivity index (χ0n) is 52.0. The Kier molecular flexibility index (Phi) is 20.0. The molecule has 0 bridgehead atoms. The Morgan fingerprint density at radius 3 is 1.29 bits per heavy atom. The molecule has 0 radical (unpaired) electrons. The first-order chi connectivity index (χ1) is 44.6. The molecule has 0 atom stereocenters. The summed E-state index contributed by atoms with van der Waals surface area (Å²) < 4.78 is 97.5. The van der Waals surface area contributed by atoms with Crippen molar-refractivity contribution in [3.8, 4) is 22.8 Å². The molecule has 6 aromatic heterocycles. The molecule has 6 heterocycles. The quantitative estimate of drug-likeness (QED) is 0.0464. The summed E-state index contributed by atoms with van der Waals surface area (Å²) in [6.07, 6.45) is 13.6. The number of aryl methyl sites for hydroxylation is 5. The second-order valence-corrected chi connectivity index (χ2v) is 27.7. The molecule has 6 N–H and O–H groups in total. The zero-order valence-corrected chi connectivity index (χ0v) is 54.4. The third kappa shape index (κ3) is 14.7. The van der Waals surface area contributed by atoms with Gasteiger partial charge in [0.1, 0.15) is 40.6 Å². The van der Waals surface area contributed by atoms with E-state index in [4.69, 9.17) is 21.6 Å². The smallest absolute Gasteiger partial charge is 0.423 e. The molecule has 0 amide bonds. The van der Waals surface area contributed by atoms with Crippen LogP contribution in [0.4, 0.5) is 30.6 Å². The van der Waals surface area contributed by atoms with Crippen LogP contribution < -0.4 is 21.4 Å². The summed E-state index contributed by atoms with van der Waals surface area (Å²) in [5.74, 6) is 1.13. The number of hydrogen-bond acceptors (Lipinski definition) is 15. The predicted molar refractivity (Wildman–Crippen MR) is 360 cm³/mol. The van der Waals surface area contributed by atoms with Crippen LogP contribution in [0.1, 0.15) is 105 Å². The number of benzene rings is 5. The number of H-pyrrole nitrogens is 1. The second-order valence-electron chi connectivity index (χ2n) is 23.8. The van der Waals surface area contributed by atoms with Crippen molar-refractivity contribution in [1.82, 2.24) is 42.8 Å². The molecule has 93 heavy (non-hydrogen) atoms. The average Bonchev–Trinajstić information content (AvgIpc) is 1.64. The summed E-state index contributed by atoms with van der Waals surface area (Å²) in [6.45, 7) is 9.29. The van der Waals surface area contributed by atoms with Crippen LogP contribution in [-0.4, -0.2) is 95.0 Å². The van der Waals surface area contributed by atoms with Gasteiger partial charge in [0.25, 0.3) is 20.0 Å². The Morgan fingerprint density at radius 2 is 0.871 bits per heavy atom. The first kappa shape index (κ1) is 65.8. The molecule has 0 spiro atoms. The predicted octanol–water partition coefficient (Wildman–Crippen LogP) is 13.7. The minimum absolute atomic E-state index is 0.0291. The summed E-state index contributed by atoms with van der Waals surface area (Å²) in [4.78, 5) is 30.5. The van der Waals surface area contributed by atoms with E-state index >= 15 is 0 Å². The standard InChI is InChI=1S/C25H25FN4O2S.C19H21ClN4O2S.C18H19FN4.C6H6BFO2/c1-16-11-13-19(14-12-16)33(31,32)30-17(2)15-21-24(27-18-7-3-4-8-18)28-23(29-25(21)30)20-9-5-6-10-22(20)26;1-12-7-9-15(10-8-12)27(25,26)24-13(2)11-16-17(21-14-5-3-4-6-14)22-19(20)23-18(16)24;1-11-10-14-17(20-11)22-16(13-8-4-5-9-15(13)19)23-18(14)21-12-6-2-3-7-12;8-6-4-2-1-3-5(6)7(9)10/h5-6,9-15,18H,3-4,7-8H2,1-2H3,(H,27,28,29);7-11,14H,3-6H2,1-2H3,(H,21,22,23);4-5,8-10,12H,2-3,6-7H2,1H3,(H2,20,21,22,23);1-4,9-10H. The molecule has 14 rings (SSSR count). The molecule has 3 aliphatic carbocycles. The molecule has 482 valence electrons. The van der Waals surface area contributed by atoms with Gasteiger partial charge in [-0.1, -0.05) is 116 Å². The molecule has 0 aliphatic heterocycles. The van der Waals surface area contributed by atoms with E-state index < -0.39 is 38.8 Å². The van der Waals surface area contributed by atoms with E-state index in [-0.39, 0.29) is 49.4 Å². The highest BCUT2D eigenvalue weighted by Gasteiger charge is 2.29. The maximum Gasteiger partial charge on any atom is 0.491 e. The Balaban J connectivity index is 0.000000134. The topological polar surface area (TPSA) is 248 Å². The maximum atomic E-state index is 14.6. The van der Waals surface area contributed by atoms with Gasteiger partial charge in [-0.05, 0) is 158 Å². The van der Waals surface area contributed by atoms with Crippen LogP contribution in [0.3, 0.4) is 0 Å². The van der Waals surface area contributed by atoms with Gasteiger partial charge in [-0.25, -0.2) is 62.9 Å². The van der Waals surface area contributed by atoms with Crippen LogP contribution in [0.15, 0.2) is 149 Å². The lowest BCUT2D eigenvalue weighted by molar-refractivity contribution is 0.423. The van der Waals surface area contributed by atoms with Crippen molar-refractivity contribution < 1.29 is 40.1 Å². The minimum Gasteiger partial charge on any atom is -0.423 e. The maximum absolute atomic E-state index is 14.6. The van der Waals surface area contributed by atoms with Gasteiger partial charge in [-0.3, -0.25) is 0 Å². The van der Waals surface area contributed by atoms with Gasteiger partial charge in [0, 0.05) is 40.7 Å². The van der Waals surface area contributed by atoms with E-state index in [1.807, 2.05) is 26.8 Å². The first-order valence-corrected chi connectivity index (χ1v) is 34.3. The van der Waals surface area contributed by atoms with Crippen molar-refractivity contribution in [2.45, 2.75) is 140 Å². The number of fused-ring (bicyclic) bond motifs is 3. The molecule has 18 nitrogen and oxygen atoms in total. The number of nitrogens with one attached hydrogen (secondary N) is 4. The summed E-state index contributed by atoms with van der Waals surface area (Å²) in [7, 11) is -9.43. The van der Waals surface area contributed by atoms with Crippen LogP contribution in [0, 0.1) is 52.1 Å². The number of aromatic amines is 1. The summed E-state index contributed by atoms with van der Waals surface area (Å²) in [5.41, 5.74) is 5.91. The minimum atomic E-state index is -3.92. The lowest BCUT2D eigenvalue weighted by Gasteiger charge is -2.15. The fourth-order valence-corrected chi connectivity index (χ4v) is 15.2. The molecular formula is C68H71BClF3N12O6S2. The number of halogens is 4. The van der Waals surface area contributed by atoms with Crippen LogP contribution in [0.2, 0.25) is 5.28 Å². The molecule has 0 unspecified atom stereocenters. The summed E-state index contributed by atoms with van der Waals surface area (Å²) in [5, 5.41) is 29.7. The molecule has 0 saturated heterocycles. The highest BCUT2D eigenvalue weighted by Crippen LogP contribution is 2.36. The van der Waals surface area contributed by atoms with E-state index in [1.54, 1.807) is 111 Å². The second kappa shape index (κ2) is 28.3. The van der Waals surface area contributed by atoms with Gasteiger partial charge >= 0.3 is 7.12 Å². The fourth-order valence-electron chi connectivity index (χ4n) is 12.0. The lowest BCUT2D eigenvalue weighted by Crippen LogP contribution is -2.32. The number of nitrogens with zero attached hydrogens (tertiary/aromatic N) is 8. The Labute approximate surface area is 543 Å². The summed E-state index contributed by atoms with van der Waals surface area (Å²) >= 11 is 6.14. The highest BCUT2D eigenvalue weighted by atomic mass is 35.5. The van der Waals surface area contributed by atoms with E-state index in [0.29, 0.717) is 62.9 Å². The van der Waals surface area contributed by atoms with Gasteiger partial charge in [-0.15, -0.1) is 0 Å². The number of rotatable bonds is 13. The summed E-state index contributed by atoms with van der Waals surface area (Å²) in [6, 6.07) is 38.5. The van der Waals surface area contributed by atoms with Crippen LogP contribution in [-0.2, 0) is 20.0 Å². The van der Waals surface area contributed by atoms with Crippen LogP contribution >= 0.6 is 11.6 Å². The lowest BCUT2D eigenvalue weighted by atomic mass is 9.80. The van der Waals surface area contributed by atoms with Crippen LogP contribution in [0.25, 0.3) is 55.9 Å². The monoisotopic (exact) mass is 1320 g/mol. The third-order valence-electron chi connectivity index (χ3n) is 16.8. The third-order valence-corrected chi connectivity index (χ3v) is 20.6. The number of hydrogen-bond donors (Lipinski definition) is 6. The number of aromatic nitrogens is 9. The van der Waals surface area contributed by atoms with Crippen LogP contribution in [0.5, 0.6) is 0 Å². The average molecular weight is 1320 g/mol. The van der Waals surface area contributed by atoms with Crippen molar-refractivity contribution in [1.29, 1.82) is 0 Å². The SMILES string of the molecule is Cc1cc2c(NC3CCCC3)nc(-c3ccccc3F)nc2[nH]1.Cc1ccc(S(=O)(=O)n2c(C)cc3c(NC4CCCC4)nc(-c4ccccc4F)nc32)cc1.Cc1ccc(S(=O)(=O)n2c(C)cc3c(NC4CCCC4)nc(Cl)nc32)cc1.OB(O)c1ccccc1F. The molecule has 3 saturated carbocycles. The highest BCUT2D eigenvalue weighted by molar-refractivity contribution is 7.90. The Hall–Kier alpha value is -8.68. The number of anilines is 3. The Bertz CT molecular complexity index is 4730. The molecule has 5 aromatic carbocycles. The van der Waals surface area contributed by atoms with Crippen molar-refractivity contribution in [2.24, 2.45) is 0 Å². The van der Waals surface area contributed by atoms with Crippen molar-refractivity contribution in [3.63, 3.8) is 0 Å². The molecular weight excluding hydrogens is 1250 g/mol. The van der Waals surface area contributed by atoms with Gasteiger partial charge < -0.3 is 31.0 Å². The van der Waals surface area contributed by atoms with E-state index in [9.17, 15) is 30.0 Å². The molecule has 3 aliphatic rings. The van der Waals surface area contributed by atoms with Gasteiger partial charge in [0.15, 0.2) is 22.9 Å². The normalized spacial score (nSPS) is 14.6. The largest absolute Gasteiger partial charge is 0.491 e. The van der Waals surface area contributed by atoms with Gasteiger partial charge in [-0.2, -0.15) is 4.98 Å². The first-order valence-electron chi connectivity index (χ1n) is 31.0. The van der Waals surface area contributed by atoms with E-state index in [2.05, 4.69) is 50.8 Å². The van der Waals surface area contributed by atoms with Gasteiger partial charge in [0.05, 0.1) is 37.1 Å². The zero-order chi connectivity index (χ0) is 65.7. The van der Waals surface area contributed by atoms with Crippen molar-refractivity contribution >= 4 is 94.8 Å². The van der Waals surface area contributed by atoms with E-state index in [0.717, 1.165) is 85.0 Å². The van der Waals surface area contributed by atoms with E-state index in [1.165, 1.54) is 70.0 Å². The Morgan fingerprint density at radius 1 is 0.484 bits per heavy atom. The molecule has 11 aromatic rings. The van der Waals surface area contributed by atoms with Crippen molar-refractivity contribution in [2.75, 3.05) is 16.0 Å².